The van der Waals surface area contributed by atoms with E-state index < -0.39 is 6.04 Å². The molecule has 5 aromatic rings. The van der Waals surface area contributed by atoms with Crippen LogP contribution < -0.4 is 11.0 Å². The molecule has 0 saturated heterocycles. The molecule has 4 N–H and O–H groups in total. The summed E-state index contributed by atoms with van der Waals surface area (Å²) in [5.41, 5.74) is 7.02. The Hall–Kier alpha value is -4.26. The number of hydrogen-bond acceptors (Lipinski definition) is 5. The predicted octanol–water partition coefficient (Wildman–Crippen LogP) is 3.60. The summed E-state index contributed by atoms with van der Waals surface area (Å²) in [6.07, 6.45) is 0. The molecule has 0 fully saturated rings. The number of aromatic nitrogens is 3. The first kappa shape index (κ1) is 16.7. The number of fused-ring (bicyclic) bond motifs is 6. The number of H-pyrrole nitrogens is 1. The van der Waals surface area contributed by atoms with Crippen molar-refractivity contribution in [1.29, 1.82) is 0 Å². The molecule has 30 heavy (non-hydrogen) atoms. The van der Waals surface area contributed by atoms with Crippen LogP contribution in [0.1, 0.15) is 17.2 Å². The first-order valence-corrected chi connectivity index (χ1v) is 9.53. The van der Waals surface area contributed by atoms with Crippen LogP contribution in [-0.4, -0.2) is 24.9 Å². The average Bonchev–Trinajstić information content (AvgIpc) is 3.16. The van der Waals surface area contributed by atoms with E-state index in [9.17, 15) is 15.0 Å². The van der Waals surface area contributed by atoms with Crippen LogP contribution in [0.3, 0.4) is 0 Å². The minimum atomic E-state index is -0.434. The van der Waals surface area contributed by atoms with Gasteiger partial charge in [-0.2, -0.15) is 0 Å². The molecule has 0 spiro atoms. The molecular formula is C23H16N4O3. The van der Waals surface area contributed by atoms with E-state index >= 15 is 0 Å². The Morgan fingerprint density at radius 3 is 2.50 bits per heavy atom. The Morgan fingerprint density at radius 1 is 0.900 bits per heavy atom. The molecule has 0 saturated carbocycles. The van der Waals surface area contributed by atoms with E-state index in [1.807, 2.05) is 42.5 Å². The second-order valence-electron chi connectivity index (χ2n) is 7.36. The zero-order valence-electron chi connectivity index (χ0n) is 15.6. The molecule has 7 heteroatoms. The lowest BCUT2D eigenvalue weighted by atomic mass is 9.94. The van der Waals surface area contributed by atoms with Crippen LogP contribution in [0.2, 0.25) is 0 Å². The van der Waals surface area contributed by atoms with E-state index in [2.05, 4.69) is 10.4 Å². The molecule has 6 rings (SSSR count). The number of aromatic hydroxyl groups is 2. The van der Waals surface area contributed by atoms with Gasteiger partial charge in [0.1, 0.15) is 0 Å². The highest BCUT2D eigenvalue weighted by molar-refractivity contribution is 5.92. The van der Waals surface area contributed by atoms with Crippen molar-refractivity contribution in [3.63, 3.8) is 0 Å². The first-order valence-electron chi connectivity index (χ1n) is 9.53. The van der Waals surface area contributed by atoms with Gasteiger partial charge in [-0.15, -0.1) is 0 Å². The fourth-order valence-electron chi connectivity index (χ4n) is 4.21. The van der Waals surface area contributed by atoms with Gasteiger partial charge in [0.2, 0.25) is 0 Å². The van der Waals surface area contributed by atoms with Gasteiger partial charge in [-0.05, 0) is 35.9 Å². The van der Waals surface area contributed by atoms with Crippen LogP contribution in [0.4, 0.5) is 0 Å². The number of phenols is 2. The topological polar surface area (TPSA) is 103 Å². The molecule has 1 aliphatic heterocycles. The maximum Gasteiger partial charge on any atom is 0.280 e. The van der Waals surface area contributed by atoms with Gasteiger partial charge < -0.3 is 20.6 Å². The summed E-state index contributed by atoms with van der Waals surface area (Å²) in [7, 11) is 0. The van der Waals surface area contributed by atoms with Crippen molar-refractivity contribution in [2.24, 2.45) is 0 Å². The Balaban J connectivity index is 1.71. The molecule has 0 radical (unpaired) electrons. The summed E-state index contributed by atoms with van der Waals surface area (Å²) < 4.78 is 1.45. The van der Waals surface area contributed by atoms with Crippen molar-refractivity contribution in [3.8, 4) is 23.0 Å². The summed E-state index contributed by atoms with van der Waals surface area (Å²) in [5, 5.41) is 21.3. The largest absolute Gasteiger partial charge is 0.504 e. The highest BCUT2D eigenvalue weighted by Gasteiger charge is 2.32. The predicted molar refractivity (Wildman–Crippen MR) is 114 cm³/mol. The zero-order valence-corrected chi connectivity index (χ0v) is 15.6. The molecule has 0 bridgehead atoms. The van der Waals surface area contributed by atoms with Crippen molar-refractivity contribution in [2.75, 3.05) is 5.43 Å². The number of nitrogens with zero attached hydrogens (tertiary/aromatic N) is 2. The quantitative estimate of drug-likeness (QED) is 0.324. The third-order valence-electron chi connectivity index (χ3n) is 5.63. The molecule has 146 valence electrons. The molecule has 0 amide bonds. The van der Waals surface area contributed by atoms with E-state index in [4.69, 9.17) is 4.98 Å². The normalized spacial score (nSPS) is 15.0. The number of phenolic OH excluding ortho intramolecular Hbond substituents is 2. The van der Waals surface area contributed by atoms with Gasteiger partial charge in [-0.3, -0.25) is 4.79 Å². The highest BCUT2D eigenvalue weighted by Crippen LogP contribution is 2.41. The van der Waals surface area contributed by atoms with E-state index in [0.29, 0.717) is 22.3 Å². The average molecular weight is 396 g/mol. The summed E-state index contributed by atoms with van der Waals surface area (Å²) in [6.45, 7) is 0. The van der Waals surface area contributed by atoms with Crippen molar-refractivity contribution >= 4 is 21.8 Å². The maximum absolute atomic E-state index is 13.3. The van der Waals surface area contributed by atoms with Gasteiger partial charge in [-0.25, -0.2) is 9.66 Å². The van der Waals surface area contributed by atoms with Crippen LogP contribution in [0.15, 0.2) is 71.5 Å². The van der Waals surface area contributed by atoms with E-state index in [1.165, 1.54) is 16.8 Å². The molecule has 7 nitrogen and oxygen atoms in total. The fourth-order valence-corrected chi connectivity index (χ4v) is 4.21. The molecule has 1 aliphatic rings. The van der Waals surface area contributed by atoms with Crippen LogP contribution in [0.25, 0.3) is 33.3 Å². The van der Waals surface area contributed by atoms with Crippen molar-refractivity contribution in [2.45, 2.75) is 6.04 Å². The van der Waals surface area contributed by atoms with Crippen molar-refractivity contribution in [3.05, 3.63) is 88.2 Å². The molecule has 2 aromatic heterocycles. The Labute approximate surface area is 169 Å². The molecular weight excluding hydrogens is 380 g/mol. The Morgan fingerprint density at radius 2 is 1.67 bits per heavy atom. The third-order valence-corrected chi connectivity index (χ3v) is 5.63. The second kappa shape index (κ2) is 5.87. The SMILES string of the molecule is O=c1c2ccccc2nc2n1NC(c1ccc(O)c(O)c1)c1c-2[nH]c2ccccc12. The van der Waals surface area contributed by atoms with Crippen LogP contribution >= 0.6 is 0 Å². The highest BCUT2D eigenvalue weighted by atomic mass is 16.3. The fraction of sp³-hybridized carbons (Fsp3) is 0.0435. The molecule has 3 aromatic carbocycles. The van der Waals surface area contributed by atoms with Gasteiger partial charge in [0.25, 0.3) is 5.56 Å². The molecule has 3 heterocycles. The number of hydrogen-bond donors (Lipinski definition) is 4. The number of benzene rings is 3. The third kappa shape index (κ3) is 2.20. The monoisotopic (exact) mass is 396 g/mol. The maximum atomic E-state index is 13.3. The van der Waals surface area contributed by atoms with Crippen LogP contribution in [0, 0.1) is 0 Å². The van der Waals surface area contributed by atoms with Gasteiger partial charge in [0, 0.05) is 16.5 Å². The van der Waals surface area contributed by atoms with Gasteiger partial charge in [0.15, 0.2) is 17.3 Å². The number of rotatable bonds is 1. The Kier molecular flexibility index (Phi) is 3.26. The lowest BCUT2D eigenvalue weighted by molar-refractivity contribution is 0.403. The lowest BCUT2D eigenvalue weighted by Gasteiger charge is -2.29. The van der Waals surface area contributed by atoms with Gasteiger partial charge in [0.05, 0.1) is 22.6 Å². The van der Waals surface area contributed by atoms with E-state index in [-0.39, 0.29) is 17.1 Å². The molecule has 1 atom stereocenters. The summed E-state index contributed by atoms with van der Waals surface area (Å²) in [4.78, 5) is 21.4. The van der Waals surface area contributed by atoms with E-state index in [0.717, 1.165) is 22.2 Å². The van der Waals surface area contributed by atoms with Crippen LogP contribution in [0.5, 0.6) is 11.5 Å². The smallest absolute Gasteiger partial charge is 0.280 e. The van der Waals surface area contributed by atoms with Gasteiger partial charge >= 0.3 is 0 Å². The summed E-state index contributed by atoms with van der Waals surface area (Å²) in [5.74, 6) is 0.0913. The second-order valence-corrected chi connectivity index (χ2v) is 7.36. The standard InChI is InChI=1S/C23H16N4O3/c28-17-10-9-12(11-18(17)29)20-19-13-5-1-3-7-15(13)24-21(19)22-25-16-8-4-2-6-14(16)23(30)27(22)26-20/h1-11,20,24,26,28-29H. The lowest BCUT2D eigenvalue weighted by Crippen LogP contribution is -2.37. The van der Waals surface area contributed by atoms with Crippen molar-refractivity contribution in [1.82, 2.24) is 14.6 Å². The van der Waals surface area contributed by atoms with Crippen molar-refractivity contribution < 1.29 is 10.2 Å². The molecule has 1 unspecified atom stereocenters. The number of aromatic amines is 1. The Bertz CT molecular complexity index is 1530. The zero-order chi connectivity index (χ0) is 20.4. The number of para-hydroxylation sites is 2. The van der Waals surface area contributed by atoms with E-state index in [1.54, 1.807) is 12.1 Å². The summed E-state index contributed by atoms with van der Waals surface area (Å²) >= 11 is 0. The minimum absolute atomic E-state index is 0.195. The number of nitrogens with one attached hydrogen (secondary N) is 2. The first-order chi connectivity index (χ1) is 14.6. The summed E-state index contributed by atoms with van der Waals surface area (Å²) in [6, 6.07) is 19.4. The molecule has 0 aliphatic carbocycles. The van der Waals surface area contributed by atoms with Gasteiger partial charge in [-0.1, -0.05) is 36.4 Å². The van der Waals surface area contributed by atoms with Crippen LogP contribution in [-0.2, 0) is 0 Å². The minimum Gasteiger partial charge on any atom is -0.504 e.